The molecule has 2 aliphatic rings. The number of carbonyl (C=O) groups is 2. The van der Waals surface area contributed by atoms with E-state index in [1.54, 1.807) is 0 Å². The molecule has 0 aromatic heterocycles. The first-order valence-electron chi connectivity index (χ1n) is 6.96. The molecular formula is C13H22N2O3. The highest BCUT2D eigenvalue weighted by Crippen LogP contribution is 2.23. The van der Waals surface area contributed by atoms with Crippen LogP contribution in [0, 0.1) is 0 Å². The molecule has 0 spiro atoms. The number of aliphatic carboxylic acids is 1. The molecule has 0 aromatic carbocycles. The Morgan fingerprint density at radius 1 is 1.06 bits per heavy atom. The van der Waals surface area contributed by atoms with Crippen molar-refractivity contribution in [2.24, 2.45) is 0 Å². The molecule has 5 heteroatoms. The minimum Gasteiger partial charge on any atom is -0.481 e. The quantitative estimate of drug-likeness (QED) is 0.837. The minimum atomic E-state index is -0.769. The standard InChI is InChI=1S/C13H22N2O3/c16-12(17)7-6-11-5-1-2-10-15(11)13(18)14-8-3-4-9-14/h11H,1-10H2,(H,16,17). The van der Waals surface area contributed by atoms with E-state index in [-0.39, 0.29) is 18.5 Å². The highest BCUT2D eigenvalue weighted by molar-refractivity contribution is 5.75. The zero-order chi connectivity index (χ0) is 13.0. The Kier molecular flexibility index (Phi) is 4.44. The van der Waals surface area contributed by atoms with Crippen LogP contribution in [0.15, 0.2) is 0 Å². The number of urea groups is 1. The summed E-state index contributed by atoms with van der Waals surface area (Å²) in [5.74, 6) is -0.769. The average molecular weight is 254 g/mol. The van der Waals surface area contributed by atoms with E-state index in [0.29, 0.717) is 6.42 Å². The smallest absolute Gasteiger partial charge is 0.320 e. The molecular weight excluding hydrogens is 232 g/mol. The third-order valence-corrected chi connectivity index (χ3v) is 3.94. The number of carbonyl (C=O) groups excluding carboxylic acids is 1. The third kappa shape index (κ3) is 3.15. The van der Waals surface area contributed by atoms with Crippen LogP contribution < -0.4 is 0 Å². The topological polar surface area (TPSA) is 60.9 Å². The zero-order valence-corrected chi connectivity index (χ0v) is 10.8. The second-order valence-electron chi connectivity index (χ2n) is 5.25. The largest absolute Gasteiger partial charge is 0.481 e. The lowest BCUT2D eigenvalue weighted by Crippen LogP contribution is -2.49. The van der Waals surface area contributed by atoms with Gasteiger partial charge in [0.05, 0.1) is 0 Å². The van der Waals surface area contributed by atoms with Crippen molar-refractivity contribution in [3.8, 4) is 0 Å². The molecule has 2 rings (SSSR count). The first-order valence-corrected chi connectivity index (χ1v) is 6.96. The van der Waals surface area contributed by atoms with Gasteiger partial charge in [-0.15, -0.1) is 0 Å². The van der Waals surface area contributed by atoms with Crippen LogP contribution in [-0.2, 0) is 4.79 Å². The highest BCUT2D eigenvalue weighted by Gasteiger charge is 2.31. The molecule has 0 bridgehead atoms. The van der Waals surface area contributed by atoms with Crippen LogP contribution in [0.2, 0.25) is 0 Å². The molecule has 2 amide bonds. The third-order valence-electron chi connectivity index (χ3n) is 3.94. The van der Waals surface area contributed by atoms with Crippen LogP contribution in [0.25, 0.3) is 0 Å². The fourth-order valence-electron chi connectivity index (χ4n) is 2.93. The van der Waals surface area contributed by atoms with Crippen molar-refractivity contribution >= 4 is 12.0 Å². The van der Waals surface area contributed by atoms with Gasteiger partial charge in [-0.05, 0) is 38.5 Å². The van der Waals surface area contributed by atoms with Crippen LogP contribution in [0.5, 0.6) is 0 Å². The van der Waals surface area contributed by atoms with E-state index in [1.807, 2.05) is 9.80 Å². The van der Waals surface area contributed by atoms with Crippen molar-refractivity contribution in [1.82, 2.24) is 9.80 Å². The van der Waals surface area contributed by atoms with Gasteiger partial charge < -0.3 is 14.9 Å². The van der Waals surface area contributed by atoms with Crippen LogP contribution in [0.3, 0.4) is 0 Å². The summed E-state index contributed by atoms with van der Waals surface area (Å²) in [4.78, 5) is 26.9. The fraction of sp³-hybridized carbons (Fsp3) is 0.846. The van der Waals surface area contributed by atoms with Crippen LogP contribution in [0.1, 0.15) is 44.9 Å². The van der Waals surface area contributed by atoms with Gasteiger partial charge in [0.15, 0.2) is 0 Å². The number of carboxylic acids is 1. The van der Waals surface area contributed by atoms with E-state index in [1.165, 1.54) is 0 Å². The number of carboxylic acid groups (broad SMARTS) is 1. The number of likely N-dealkylation sites (tertiary alicyclic amines) is 2. The number of amides is 2. The molecule has 2 aliphatic heterocycles. The molecule has 5 nitrogen and oxygen atoms in total. The number of rotatable bonds is 3. The fourth-order valence-corrected chi connectivity index (χ4v) is 2.93. The number of piperidine rings is 1. The number of hydrogen-bond acceptors (Lipinski definition) is 2. The van der Waals surface area contributed by atoms with E-state index in [4.69, 9.17) is 5.11 Å². The van der Waals surface area contributed by atoms with Gasteiger partial charge in [0.25, 0.3) is 0 Å². The van der Waals surface area contributed by atoms with Crippen molar-refractivity contribution in [1.29, 1.82) is 0 Å². The Morgan fingerprint density at radius 3 is 2.39 bits per heavy atom. The van der Waals surface area contributed by atoms with Crippen LogP contribution in [0.4, 0.5) is 4.79 Å². The Balaban J connectivity index is 1.93. The van der Waals surface area contributed by atoms with Gasteiger partial charge >= 0.3 is 12.0 Å². The molecule has 1 atom stereocenters. The lowest BCUT2D eigenvalue weighted by molar-refractivity contribution is -0.137. The monoisotopic (exact) mass is 254 g/mol. The lowest BCUT2D eigenvalue weighted by atomic mass is 9.98. The predicted molar refractivity (Wildman–Crippen MR) is 67.4 cm³/mol. The van der Waals surface area contributed by atoms with Gasteiger partial charge in [-0.3, -0.25) is 4.79 Å². The van der Waals surface area contributed by atoms with Crippen molar-refractivity contribution in [2.45, 2.75) is 51.0 Å². The normalized spacial score (nSPS) is 24.3. The lowest BCUT2D eigenvalue weighted by Gasteiger charge is -2.38. The molecule has 2 fully saturated rings. The summed E-state index contributed by atoms with van der Waals surface area (Å²) in [7, 11) is 0. The maximum atomic E-state index is 12.4. The first-order chi connectivity index (χ1) is 8.68. The summed E-state index contributed by atoms with van der Waals surface area (Å²) in [5.41, 5.74) is 0. The van der Waals surface area contributed by atoms with Crippen molar-refractivity contribution < 1.29 is 14.7 Å². The van der Waals surface area contributed by atoms with Gasteiger partial charge in [-0.2, -0.15) is 0 Å². The molecule has 18 heavy (non-hydrogen) atoms. The SMILES string of the molecule is O=C(O)CCC1CCCCN1C(=O)N1CCCC1. The molecule has 0 radical (unpaired) electrons. The number of hydrogen-bond donors (Lipinski definition) is 1. The summed E-state index contributed by atoms with van der Waals surface area (Å²) in [6.07, 6.45) is 6.05. The Morgan fingerprint density at radius 2 is 1.72 bits per heavy atom. The van der Waals surface area contributed by atoms with Crippen molar-refractivity contribution in [2.75, 3.05) is 19.6 Å². The van der Waals surface area contributed by atoms with E-state index in [9.17, 15) is 9.59 Å². The average Bonchev–Trinajstić information content (AvgIpc) is 2.89. The molecule has 1 unspecified atom stereocenters. The Labute approximate surface area is 108 Å². The summed E-state index contributed by atoms with van der Waals surface area (Å²) in [6.45, 7) is 2.52. The second kappa shape index (κ2) is 6.07. The Bertz CT molecular complexity index is 313. The number of nitrogens with zero attached hydrogens (tertiary/aromatic N) is 2. The van der Waals surface area contributed by atoms with Gasteiger partial charge in [0.2, 0.25) is 0 Å². The van der Waals surface area contributed by atoms with Crippen LogP contribution in [-0.4, -0.2) is 52.6 Å². The molecule has 2 saturated heterocycles. The van der Waals surface area contributed by atoms with E-state index < -0.39 is 5.97 Å². The van der Waals surface area contributed by atoms with E-state index in [0.717, 1.165) is 51.7 Å². The summed E-state index contributed by atoms with van der Waals surface area (Å²) in [5, 5.41) is 8.77. The summed E-state index contributed by atoms with van der Waals surface area (Å²) < 4.78 is 0. The summed E-state index contributed by atoms with van der Waals surface area (Å²) in [6, 6.07) is 0.255. The molecule has 102 valence electrons. The molecule has 0 saturated carbocycles. The van der Waals surface area contributed by atoms with Gasteiger partial charge in [-0.1, -0.05) is 0 Å². The van der Waals surface area contributed by atoms with Gasteiger partial charge in [0.1, 0.15) is 0 Å². The first kappa shape index (κ1) is 13.2. The molecule has 1 N–H and O–H groups in total. The van der Waals surface area contributed by atoms with Crippen molar-refractivity contribution in [3.63, 3.8) is 0 Å². The van der Waals surface area contributed by atoms with Crippen molar-refractivity contribution in [3.05, 3.63) is 0 Å². The van der Waals surface area contributed by atoms with Gasteiger partial charge in [-0.25, -0.2) is 4.79 Å². The molecule has 0 aliphatic carbocycles. The van der Waals surface area contributed by atoms with E-state index in [2.05, 4.69) is 0 Å². The van der Waals surface area contributed by atoms with Gasteiger partial charge in [0, 0.05) is 32.1 Å². The minimum absolute atomic E-state index is 0.127. The maximum absolute atomic E-state index is 12.4. The maximum Gasteiger partial charge on any atom is 0.320 e. The highest BCUT2D eigenvalue weighted by atomic mass is 16.4. The zero-order valence-electron chi connectivity index (χ0n) is 10.8. The molecule has 0 aromatic rings. The molecule has 2 heterocycles. The second-order valence-corrected chi connectivity index (χ2v) is 5.25. The Hall–Kier alpha value is -1.26. The van der Waals surface area contributed by atoms with E-state index >= 15 is 0 Å². The summed E-state index contributed by atoms with van der Waals surface area (Å²) >= 11 is 0. The van der Waals surface area contributed by atoms with Crippen LogP contribution >= 0.6 is 0 Å². The predicted octanol–water partition coefficient (Wildman–Crippen LogP) is 1.92.